The number of likely N-dealkylation sites (N-methyl/N-ethyl adjacent to an activating group) is 1. The summed E-state index contributed by atoms with van der Waals surface area (Å²) in [5, 5.41) is 3.36. The normalized spacial score (nSPS) is 20.3. The lowest BCUT2D eigenvalue weighted by atomic mass is 9.98. The molecule has 0 aromatic heterocycles. The van der Waals surface area contributed by atoms with Gasteiger partial charge in [0.05, 0.1) is 0 Å². The number of imide groups is 1. The zero-order valence-electron chi connectivity index (χ0n) is 10.5. The molecule has 1 N–H and O–H groups in total. The van der Waals surface area contributed by atoms with Gasteiger partial charge >= 0.3 is 0 Å². The number of hydrogen-bond acceptors (Lipinski definition) is 3. The third-order valence-corrected chi connectivity index (χ3v) is 3.33. The number of amides is 2. The van der Waals surface area contributed by atoms with Crippen molar-refractivity contribution in [1.29, 1.82) is 0 Å². The van der Waals surface area contributed by atoms with E-state index in [0.29, 0.717) is 25.3 Å². The van der Waals surface area contributed by atoms with E-state index in [1.165, 1.54) is 4.90 Å². The summed E-state index contributed by atoms with van der Waals surface area (Å²) in [7, 11) is 0. The summed E-state index contributed by atoms with van der Waals surface area (Å²) >= 11 is 0. The van der Waals surface area contributed by atoms with Crippen LogP contribution in [-0.2, 0) is 9.59 Å². The smallest absolute Gasteiger partial charge is 0.229 e. The maximum Gasteiger partial charge on any atom is 0.229 e. The molecule has 1 rings (SSSR count). The lowest BCUT2D eigenvalue weighted by Gasteiger charge is -2.27. The molecule has 0 aromatic carbocycles. The van der Waals surface area contributed by atoms with Crippen molar-refractivity contribution < 1.29 is 9.59 Å². The molecule has 1 heterocycles. The molecule has 0 radical (unpaired) electrons. The number of hydrogen-bond donors (Lipinski definition) is 1. The average Bonchev–Trinajstić information content (AvgIpc) is 2.58. The Bertz CT molecular complexity index is 250. The third kappa shape index (κ3) is 3.04. The molecular formula is C12H22N2O2. The second-order valence-electron chi connectivity index (χ2n) is 4.45. The predicted molar refractivity (Wildman–Crippen MR) is 62.9 cm³/mol. The van der Waals surface area contributed by atoms with Gasteiger partial charge in [-0.25, -0.2) is 0 Å². The highest BCUT2D eigenvalue weighted by molar-refractivity contribution is 6.01. The van der Waals surface area contributed by atoms with Gasteiger partial charge in [-0.2, -0.15) is 0 Å². The van der Waals surface area contributed by atoms with Crippen LogP contribution >= 0.6 is 0 Å². The van der Waals surface area contributed by atoms with Gasteiger partial charge in [-0.1, -0.05) is 27.2 Å². The fourth-order valence-corrected chi connectivity index (χ4v) is 2.02. The summed E-state index contributed by atoms with van der Waals surface area (Å²) in [4.78, 5) is 24.4. The molecule has 2 amide bonds. The highest BCUT2D eigenvalue weighted by Crippen LogP contribution is 2.16. The maximum atomic E-state index is 11.5. The lowest BCUT2D eigenvalue weighted by Crippen LogP contribution is -2.46. The van der Waals surface area contributed by atoms with Crippen LogP contribution < -0.4 is 5.32 Å². The Morgan fingerprint density at radius 1 is 1.25 bits per heavy atom. The molecule has 0 saturated carbocycles. The number of likely N-dealkylation sites (tertiary alicyclic amines) is 1. The number of nitrogens with one attached hydrogen (secondary N) is 1. The highest BCUT2D eigenvalue weighted by Gasteiger charge is 2.31. The molecule has 0 aromatic rings. The van der Waals surface area contributed by atoms with E-state index in [-0.39, 0.29) is 17.9 Å². The maximum absolute atomic E-state index is 11.5. The molecule has 0 bridgehead atoms. The minimum Gasteiger partial charge on any atom is -0.312 e. The van der Waals surface area contributed by atoms with E-state index >= 15 is 0 Å². The van der Waals surface area contributed by atoms with Crippen LogP contribution in [0.2, 0.25) is 0 Å². The van der Waals surface area contributed by atoms with Gasteiger partial charge in [0.2, 0.25) is 11.8 Å². The van der Waals surface area contributed by atoms with Gasteiger partial charge in [0.25, 0.3) is 0 Å². The van der Waals surface area contributed by atoms with Crippen LogP contribution in [0.4, 0.5) is 0 Å². The lowest BCUT2D eigenvalue weighted by molar-refractivity contribution is -0.138. The van der Waals surface area contributed by atoms with Gasteiger partial charge in [-0.3, -0.25) is 14.5 Å². The molecule has 16 heavy (non-hydrogen) atoms. The molecule has 1 aliphatic rings. The summed E-state index contributed by atoms with van der Waals surface area (Å²) in [5.74, 6) is 0.438. The zero-order valence-corrected chi connectivity index (χ0v) is 10.5. The molecule has 0 aliphatic carbocycles. The second-order valence-corrected chi connectivity index (χ2v) is 4.45. The largest absolute Gasteiger partial charge is 0.312 e. The average molecular weight is 226 g/mol. The van der Waals surface area contributed by atoms with Crippen molar-refractivity contribution >= 4 is 11.8 Å². The number of nitrogens with zero attached hydrogens (tertiary/aromatic N) is 1. The van der Waals surface area contributed by atoms with Gasteiger partial charge in [0.15, 0.2) is 0 Å². The van der Waals surface area contributed by atoms with Crippen LogP contribution in [0, 0.1) is 5.92 Å². The second kappa shape index (κ2) is 5.99. The Morgan fingerprint density at radius 3 is 2.25 bits per heavy atom. The van der Waals surface area contributed by atoms with Gasteiger partial charge < -0.3 is 5.32 Å². The zero-order chi connectivity index (χ0) is 12.1. The van der Waals surface area contributed by atoms with Crippen LogP contribution in [0.25, 0.3) is 0 Å². The van der Waals surface area contributed by atoms with Gasteiger partial charge in [0.1, 0.15) is 0 Å². The Hall–Kier alpha value is -0.900. The van der Waals surface area contributed by atoms with Gasteiger partial charge in [-0.15, -0.1) is 0 Å². The van der Waals surface area contributed by atoms with Crippen molar-refractivity contribution in [3.8, 4) is 0 Å². The minimum absolute atomic E-state index is 0.0174. The van der Waals surface area contributed by atoms with Crippen molar-refractivity contribution in [2.75, 3.05) is 13.1 Å². The van der Waals surface area contributed by atoms with Crippen molar-refractivity contribution in [1.82, 2.24) is 10.2 Å². The number of carbonyl (C=O) groups excluding carboxylic acids is 2. The molecule has 2 unspecified atom stereocenters. The van der Waals surface area contributed by atoms with Crippen molar-refractivity contribution in [3.05, 3.63) is 0 Å². The standard InChI is InChI=1S/C12H22N2O2/c1-4-9(3)10(13-5-2)8-14-11(15)6-7-12(14)16/h9-10,13H,4-8H2,1-3H3. The van der Waals surface area contributed by atoms with E-state index in [1.54, 1.807) is 0 Å². The first-order valence-electron chi connectivity index (χ1n) is 6.16. The monoisotopic (exact) mass is 226 g/mol. The summed E-state index contributed by atoms with van der Waals surface area (Å²) < 4.78 is 0. The molecule has 4 heteroatoms. The van der Waals surface area contributed by atoms with Crippen LogP contribution in [0.3, 0.4) is 0 Å². The molecule has 1 fully saturated rings. The first-order chi connectivity index (χ1) is 7.60. The van der Waals surface area contributed by atoms with E-state index < -0.39 is 0 Å². The summed E-state index contributed by atoms with van der Waals surface area (Å²) in [6, 6.07) is 0.223. The minimum atomic E-state index is -0.0174. The Kier molecular flexibility index (Phi) is 4.93. The van der Waals surface area contributed by atoms with Crippen LogP contribution in [0.15, 0.2) is 0 Å². The fraction of sp³-hybridized carbons (Fsp3) is 0.833. The summed E-state index contributed by atoms with van der Waals surface area (Å²) in [5.41, 5.74) is 0. The van der Waals surface area contributed by atoms with Crippen LogP contribution in [-0.4, -0.2) is 35.8 Å². The van der Waals surface area contributed by atoms with E-state index in [0.717, 1.165) is 13.0 Å². The van der Waals surface area contributed by atoms with E-state index in [1.807, 2.05) is 6.92 Å². The topological polar surface area (TPSA) is 49.4 Å². The van der Waals surface area contributed by atoms with Crippen molar-refractivity contribution in [2.45, 2.75) is 46.1 Å². The van der Waals surface area contributed by atoms with Gasteiger partial charge in [-0.05, 0) is 12.5 Å². The molecular weight excluding hydrogens is 204 g/mol. The predicted octanol–water partition coefficient (Wildman–Crippen LogP) is 1.16. The van der Waals surface area contributed by atoms with E-state index in [4.69, 9.17) is 0 Å². The summed E-state index contributed by atoms with van der Waals surface area (Å²) in [6.45, 7) is 7.72. The molecule has 1 saturated heterocycles. The molecule has 4 nitrogen and oxygen atoms in total. The fourth-order valence-electron chi connectivity index (χ4n) is 2.02. The molecule has 0 spiro atoms. The Balaban J connectivity index is 2.59. The first kappa shape index (κ1) is 13.2. The van der Waals surface area contributed by atoms with Gasteiger partial charge in [0, 0.05) is 25.4 Å². The Morgan fingerprint density at radius 2 is 1.81 bits per heavy atom. The van der Waals surface area contributed by atoms with Crippen molar-refractivity contribution in [2.24, 2.45) is 5.92 Å². The Labute approximate surface area is 97.4 Å². The number of rotatable bonds is 6. The quantitative estimate of drug-likeness (QED) is 0.691. The highest BCUT2D eigenvalue weighted by atomic mass is 16.2. The molecule has 1 aliphatic heterocycles. The summed E-state index contributed by atoms with van der Waals surface area (Å²) in [6.07, 6.45) is 1.82. The molecule has 92 valence electrons. The van der Waals surface area contributed by atoms with E-state index in [9.17, 15) is 9.59 Å². The van der Waals surface area contributed by atoms with E-state index in [2.05, 4.69) is 19.2 Å². The van der Waals surface area contributed by atoms with Crippen LogP contribution in [0.5, 0.6) is 0 Å². The number of carbonyl (C=O) groups is 2. The van der Waals surface area contributed by atoms with Crippen molar-refractivity contribution in [3.63, 3.8) is 0 Å². The third-order valence-electron chi connectivity index (χ3n) is 3.33. The SMILES string of the molecule is CCNC(CN1C(=O)CCC1=O)C(C)CC. The van der Waals surface area contributed by atoms with Crippen LogP contribution in [0.1, 0.15) is 40.0 Å². The molecule has 2 atom stereocenters. The first-order valence-corrected chi connectivity index (χ1v) is 6.16.